The fourth-order valence-corrected chi connectivity index (χ4v) is 1.70. The summed E-state index contributed by atoms with van der Waals surface area (Å²) in [5.41, 5.74) is 7.31. The van der Waals surface area contributed by atoms with Crippen molar-refractivity contribution in [3.8, 4) is 0 Å². The van der Waals surface area contributed by atoms with Crippen LogP contribution in [-0.2, 0) is 6.42 Å². The van der Waals surface area contributed by atoms with Gasteiger partial charge in [0.15, 0.2) is 0 Å². The van der Waals surface area contributed by atoms with Gasteiger partial charge in [-0.15, -0.1) is 0 Å². The van der Waals surface area contributed by atoms with Crippen LogP contribution < -0.4 is 5.73 Å². The summed E-state index contributed by atoms with van der Waals surface area (Å²) in [6.07, 6.45) is 0.861. The molecule has 0 spiro atoms. The lowest BCUT2D eigenvalue weighted by atomic mass is 10.0. The van der Waals surface area contributed by atoms with E-state index in [0.29, 0.717) is 6.04 Å². The van der Waals surface area contributed by atoms with Gasteiger partial charge >= 0.3 is 0 Å². The molecule has 0 saturated heterocycles. The topological polar surface area (TPSA) is 29.3 Å². The molecule has 0 amide bonds. The lowest BCUT2D eigenvalue weighted by molar-refractivity contribution is 0.271. The highest BCUT2D eigenvalue weighted by molar-refractivity contribution is 6.30. The van der Waals surface area contributed by atoms with Crippen molar-refractivity contribution >= 4 is 11.6 Å². The molecule has 1 rings (SSSR count). The van der Waals surface area contributed by atoms with E-state index < -0.39 is 0 Å². The molecule has 2 N–H and O–H groups in total. The molecule has 0 aliphatic heterocycles. The van der Waals surface area contributed by atoms with Crippen molar-refractivity contribution in [2.24, 2.45) is 5.73 Å². The first-order valence-corrected chi connectivity index (χ1v) is 5.55. The summed E-state index contributed by atoms with van der Waals surface area (Å²) >= 11 is 5.92. The Bertz CT molecular complexity index is 312. The number of nitrogens with zero attached hydrogens (tertiary/aromatic N) is 1. The smallest absolute Gasteiger partial charge is 0.0408 e. The van der Waals surface area contributed by atoms with Crippen LogP contribution in [0.2, 0.25) is 5.02 Å². The van der Waals surface area contributed by atoms with Crippen molar-refractivity contribution in [2.45, 2.75) is 25.4 Å². The van der Waals surface area contributed by atoms with E-state index in [9.17, 15) is 0 Å². The van der Waals surface area contributed by atoms with Crippen molar-refractivity contribution in [3.63, 3.8) is 0 Å². The van der Waals surface area contributed by atoms with Gasteiger partial charge in [-0.2, -0.15) is 0 Å². The Balaban J connectivity index is 2.62. The average Bonchev–Trinajstić information content (AvgIpc) is 2.16. The van der Waals surface area contributed by atoms with Crippen LogP contribution in [0, 0.1) is 0 Å². The zero-order valence-corrected chi connectivity index (χ0v) is 10.3. The Kier molecular flexibility index (Phi) is 4.58. The average molecular weight is 227 g/mol. The standard InChI is InChI=1S/C12H19ClN2/c1-9(15(2)3)12(14)8-10-5-4-6-11(13)7-10/h4-7,9,12H,8,14H2,1-3H3. The van der Waals surface area contributed by atoms with Crippen molar-refractivity contribution < 1.29 is 0 Å². The number of nitrogens with two attached hydrogens (primary N) is 1. The second-order valence-electron chi connectivity index (χ2n) is 4.20. The highest BCUT2D eigenvalue weighted by atomic mass is 35.5. The molecule has 0 heterocycles. The second-order valence-corrected chi connectivity index (χ2v) is 4.64. The third-order valence-electron chi connectivity index (χ3n) is 2.79. The Hall–Kier alpha value is -0.570. The molecule has 0 bridgehead atoms. The van der Waals surface area contributed by atoms with Gasteiger partial charge in [0.1, 0.15) is 0 Å². The maximum atomic E-state index is 6.12. The minimum Gasteiger partial charge on any atom is -0.326 e. The first-order valence-electron chi connectivity index (χ1n) is 5.17. The lowest BCUT2D eigenvalue weighted by Gasteiger charge is -2.26. The minimum absolute atomic E-state index is 0.137. The molecule has 1 aromatic rings. The van der Waals surface area contributed by atoms with Crippen LogP contribution in [0.5, 0.6) is 0 Å². The summed E-state index contributed by atoms with van der Waals surface area (Å²) < 4.78 is 0. The molecule has 2 unspecified atom stereocenters. The summed E-state index contributed by atoms with van der Waals surface area (Å²) in [6, 6.07) is 8.39. The van der Waals surface area contributed by atoms with Crippen molar-refractivity contribution in [2.75, 3.05) is 14.1 Å². The summed E-state index contributed by atoms with van der Waals surface area (Å²) in [5, 5.41) is 0.775. The van der Waals surface area contributed by atoms with Crippen LogP contribution in [0.15, 0.2) is 24.3 Å². The van der Waals surface area contributed by atoms with Gasteiger partial charge in [0.25, 0.3) is 0 Å². The zero-order chi connectivity index (χ0) is 11.4. The van der Waals surface area contributed by atoms with E-state index in [1.54, 1.807) is 0 Å². The number of halogens is 1. The summed E-state index contributed by atoms with van der Waals surface area (Å²) in [7, 11) is 4.09. The number of likely N-dealkylation sites (N-methyl/N-ethyl adjacent to an activating group) is 1. The molecular weight excluding hydrogens is 208 g/mol. The number of hydrogen-bond donors (Lipinski definition) is 1. The molecule has 0 saturated carbocycles. The van der Waals surface area contributed by atoms with Crippen LogP contribution in [0.3, 0.4) is 0 Å². The predicted molar refractivity (Wildman–Crippen MR) is 66.3 cm³/mol. The first-order chi connectivity index (χ1) is 7.00. The van der Waals surface area contributed by atoms with Gasteiger partial charge in [-0.1, -0.05) is 23.7 Å². The van der Waals surface area contributed by atoms with E-state index in [0.717, 1.165) is 11.4 Å². The van der Waals surface area contributed by atoms with Gasteiger partial charge in [0.05, 0.1) is 0 Å². The number of rotatable bonds is 4. The molecule has 0 aliphatic carbocycles. The molecule has 0 aromatic heterocycles. The van der Waals surface area contributed by atoms with E-state index in [4.69, 9.17) is 17.3 Å². The van der Waals surface area contributed by atoms with Gasteiger partial charge in [0, 0.05) is 17.1 Å². The van der Waals surface area contributed by atoms with E-state index in [2.05, 4.69) is 17.9 Å². The van der Waals surface area contributed by atoms with E-state index in [1.165, 1.54) is 5.56 Å². The molecular formula is C12H19ClN2. The lowest BCUT2D eigenvalue weighted by Crippen LogP contribution is -2.43. The number of benzene rings is 1. The molecule has 2 nitrogen and oxygen atoms in total. The summed E-state index contributed by atoms with van der Waals surface area (Å²) in [4.78, 5) is 2.13. The molecule has 84 valence electrons. The monoisotopic (exact) mass is 226 g/mol. The molecule has 1 aromatic carbocycles. The third-order valence-corrected chi connectivity index (χ3v) is 3.03. The van der Waals surface area contributed by atoms with Crippen LogP contribution in [-0.4, -0.2) is 31.1 Å². The van der Waals surface area contributed by atoms with Crippen molar-refractivity contribution in [1.82, 2.24) is 4.90 Å². The van der Waals surface area contributed by atoms with Crippen LogP contribution in [0.4, 0.5) is 0 Å². The second kappa shape index (κ2) is 5.50. The van der Waals surface area contributed by atoms with Gasteiger partial charge in [-0.05, 0) is 45.1 Å². The fourth-order valence-electron chi connectivity index (χ4n) is 1.49. The van der Waals surface area contributed by atoms with Gasteiger partial charge in [-0.25, -0.2) is 0 Å². The highest BCUT2D eigenvalue weighted by Crippen LogP contribution is 2.13. The Labute approximate surface area is 97.0 Å². The number of hydrogen-bond acceptors (Lipinski definition) is 2. The quantitative estimate of drug-likeness (QED) is 0.853. The molecule has 0 aliphatic rings. The summed E-state index contributed by atoms with van der Waals surface area (Å²) in [6.45, 7) is 2.13. The maximum absolute atomic E-state index is 6.12. The minimum atomic E-state index is 0.137. The van der Waals surface area contributed by atoms with Gasteiger partial charge in [-0.3, -0.25) is 0 Å². The fraction of sp³-hybridized carbons (Fsp3) is 0.500. The van der Waals surface area contributed by atoms with Gasteiger partial charge < -0.3 is 10.6 Å². The Morgan fingerprint density at radius 2 is 2.07 bits per heavy atom. The normalized spacial score (nSPS) is 15.3. The highest BCUT2D eigenvalue weighted by Gasteiger charge is 2.14. The van der Waals surface area contributed by atoms with Crippen LogP contribution in [0.1, 0.15) is 12.5 Å². The molecule has 0 fully saturated rings. The van der Waals surface area contributed by atoms with Crippen molar-refractivity contribution in [1.29, 1.82) is 0 Å². The van der Waals surface area contributed by atoms with Crippen LogP contribution in [0.25, 0.3) is 0 Å². The van der Waals surface area contributed by atoms with Crippen molar-refractivity contribution in [3.05, 3.63) is 34.9 Å². The molecule has 15 heavy (non-hydrogen) atoms. The van der Waals surface area contributed by atoms with E-state index in [1.807, 2.05) is 32.3 Å². The molecule has 3 heteroatoms. The SMILES string of the molecule is CC(C(N)Cc1cccc(Cl)c1)N(C)C. The summed E-state index contributed by atoms with van der Waals surface area (Å²) in [5.74, 6) is 0. The Morgan fingerprint density at radius 1 is 1.40 bits per heavy atom. The first kappa shape index (κ1) is 12.5. The molecule has 2 atom stereocenters. The van der Waals surface area contributed by atoms with Gasteiger partial charge in [0.2, 0.25) is 0 Å². The van der Waals surface area contributed by atoms with E-state index in [-0.39, 0.29) is 6.04 Å². The largest absolute Gasteiger partial charge is 0.326 e. The maximum Gasteiger partial charge on any atom is 0.0408 e. The Morgan fingerprint density at radius 3 is 2.60 bits per heavy atom. The zero-order valence-electron chi connectivity index (χ0n) is 9.57. The molecule has 0 radical (unpaired) electrons. The predicted octanol–water partition coefficient (Wildman–Crippen LogP) is 2.16. The van der Waals surface area contributed by atoms with Crippen LogP contribution >= 0.6 is 11.6 Å². The third kappa shape index (κ3) is 3.82. The van der Waals surface area contributed by atoms with E-state index >= 15 is 0 Å².